The van der Waals surface area contributed by atoms with Gasteiger partial charge in [-0.1, -0.05) is 79.9 Å². The monoisotopic (exact) mass is 256 g/mol. The zero-order chi connectivity index (χ0) is 13.9. The molecule has 0 unspecified atom stereocenters. The predicted molar refractivity (Wildman–Crippen MR) is 88.6 cm³/mol. The lowest BCUT2D eigenvalue weighted by Gasteiger charge is -2.10. The van der Waals surface area contributed by atoms with Crippen LogP contribution in [0.1, 0.15) is 16.7 Å². The Morgan fingerprint density at radius 3 is 2.30 bits per heavy atom. The first-order valence-corrected chi connectivity index (χ1v) is 6.69. The van der Waals surface area contributed by atoms with Gasteiger partial charge in [-0.2, -0.15) is 0 Å². The van der Waals surface area contributed by atoms with Crippen LogP contribution in [0.15, 0.2) is 79.9 Å². The molecule has 0 bridgehead atoms. The molecule has 0 aromatic heterocycles. The van der Waals surface area contributed by atoms with Crippen LogP contribution < -0.4 is 0 Å². The summed E-state index contributed by atoms with van der Waals surface area (Å²) in [6, 6.07) is 23.1. The number of hydrogen-bond acceptors (Lipinski definition) is 0. The molecule has 0 aliphatic rings. The Balaban J connectivity index is 2.10. The Morgan fingerprint density at radius 2 is 1.50 bits per heavy atom. The van der Waals surface area contributed by atoms with Crippen LogP contribution in [0, 0.1) is 0 Å². The average Bonchev–Trinajstić information content (AvgIpc) is 2.53. The van der Waals surface area contributed by atoms with E-state index in [4.69, 9.17) is 0 Å². The third kappa shape index (κ3) is 2.17. The molecule has 3 aromatic rings. The van der Waals surface area contributed by atoms with E-state index in [0.717, 1.165) is 22.3 Å². The molecule has 3 aromatic carbocycles. The highest BCUT2D eigenvalue weighted by Crippen LogP contribution is 2.27. The molecule has 96 valence electrons. The first-order chi connectivity index (χ1) is 9.79. The van der Waals surface area contributed by atoms with Crippen molar-refractivity contribution < 1.29 is 0 Å². The number of rotatable bonds is 3. The third-order valence-corrected chi connectivity index (χ3v) is 3.60. The van der Waals surface area contributed by atoms with E-state index in [9.17, 15) is 0 Å². The topological polar surface area (TPSA) is 0 Å². The summed E-state index contributed by atoms with van der Waals surface area (Å²) in [6.07, 6.45) is 1.88. The minimum atomic E-state index is 1.03. The van der Waals surface area contributed by atoms with E-state index in [-0.39, 0.29) is 0 Å². The molecule has 0 atom stereocenters. The van der Waals surface area contributed by atoms with Crippen molar-refractivity contribution in [3.05, 3.63) is 96.6 Å². The van der Waals surface area contributed by atoms with Crippen molar-refractivity contribution in [3.8, 4) is 0 Å². The fraction of sp³-hybridized carbons (Fsp3) is 0. The molecule has 0 amide bonds. The molecular formula is C20H16. The minimum Gasteiger partial charge on any atom is -0.0984 e. The van der Waals surface area contributed by atoms with Crippen molar-refractivity contribution in [1.29, 1.82) is 0 Å². The van der Waals surface area contributed by atoms with Crippen LogP contribution in [0.25, 0.3) is 22.4 Å². The van der Waals surface area contributed by atoms with E-state index < -0.39 is 0 Å². The second-order valence-electron chi connectivity index (χ2n) is 4.83. The maximum absolute atomic E-state index is 4.26. The van der Waals surface area contributed by atoms with Crippen molar-refractivity contribution in [2.24, 2.45) is 0 Å². The van der Waals surface area contributed by atoms with Gasteiger partial charge < -0.3 is 0 Å². The molecular weight excluding hydrogens is 240 g/mol. The molecule has 0 heteroatoms. The van der Waals surface area contributed by atoms with E-state index in [1.54, 1.807) is 0 Å². The highest BCUT2D eigenvalue weighted by Gasteiger charge is 2.06. The smallest absolute Gasteiger partial charge is 0.0112 e. The largest absolute Gasteiger partial charge is 0.0984 e. The maximum atomic E-state index is 4.26. The Kier molecular flexibility index (Phi) is 3.22. The molecule has 0 spiro atoms. The second-order valence-corrected chi connectivity index (χ2v) is 4.83. The quantitative estimate of drug-likeness (QED) is 0.576. The molecule has 0 aliphatic heterocycles. The Labute approximate surface area is 119 Å². The molecule has 0 heterocycles. The van der Waals surface area contributed by atoms with E-state index in [2.05, 4.69) is 67.8 Å². The molecule has 0 fully saturated rings. The van der Waals surface area contributed by atoms with Crippen LogP contribution in [-0.2, 0) is 0 Å². The van der Waals surface area contributed by atoms with E-state index in [1.807, 2.05) is 18.2 Å². The van der Waals surface area contributed by atoms with Crippen molar-refractivity contribution >= 4 is 22.4 Å². The van der Waals surface area contributed by atoms with Gasteiger partial charge in [0.15, 0.2) is 0 Å². The minimum absolute atomic E-state index is 1.03. The Morgan fingerprint density at radius 1 is 0.800 bits per heavy atom. The average molecular weight is 256 g/mol. The van der Waals surface area contributed by atoms with Crippen molar-refractivity contribution in [3.63, 3.8) is 0 Å². The van der Waals surface area contributed by atoms with Crippen LogP contribution in [-0.4, -0.2) is 0 Å². The lowest BCUT2D eigenvalue weighted by molar-refractivity contribution is 1.55. The number of fused-ring (bicyclic) bond motifs is 1. The van der Waals surface area contributed by atoms with E-state index in [1.165, 1.54) is 10.8 Å². The SMILES string of the molecule is C=Cc1ccccc1C(=C)c1ccc2ccccc2c1. The molecule has 0 nitrogen and oxygen atoms in total. The lowest BCUT2D eigenvalue weighted by Crippen LogP contribution is -1.90. The van der Waals surface area contributed by atoms with Crippen LogP contribution in [0.4, 0.5) is 0 Å². The van der Waals surface area contributed by atoms with Gasteiger partial charge in [-0.3, -0.25) is 0 Å². The molecule has 0 saturated carbocycles. The van der Waals surface area contributed by atoms with Gasteiger partial charge in [-0.15, -0.1) is 0 Å². The van der Waals surface area contributed by atoms with E-state index in [0.29, 0.717) is 0 Å². The van der Waals surface area contributed by atoms with Gasteiger partial charge in [0.05, 0.1) is 0 Å². The summed E-state index contributed by atoms with van der Waals surface area (Å²) < 4.78 is 0. The second kappa shape index (κ2) is 5.18. The number of hydrogen-bond donors (Lipinski definition) is 0. The van der Waals surface area contributed by atoms with Gasteiger partial charge >= 0.3 is 0 Å². The number of benzene rings is 3. The summed E-state index contributed by atoms with van der Waals surface area (Å²) >= 11 is 0. The first kappa shape index (κ1) is 12.4. The third-order valence-electron chi connectivity index (χ3n) is 3.60. The van der Waals surface area contributed by atoms with Gasteiger partial charge in [-0.05, 0) is 39.1 Å². The zero-order valence-electron chi connectivity index (χ0n) is 11.3. The summed E-state index contributed by atoms with van der Waals surface area (Å²) in [6.45, 7) is 8.14. The zero-order valence-corrected chi connectivity index (χ0v) is 11.3. The standard InChI is InChI=1S/C20H16/c1-3-16-8-6-7-11-20(16)15(2)18-13-12-17-9-4-5-10-19(17)14-18/h3-14H,1-2H2. The molecule has 0 radical (unpaired) electrons. The molecule has 0 N–H and O–H groups in total. The first-order valence-electron chi connectivity index (χ1n) is 6.69. The summed E-state index contributed by atoms with van der Waals surface area (Å²) in [5.41, 5.74) is 4.44. The van der Waals surface area contributed by atoms with Gasteiger partial charge in [0.25, 0.3) is 0 Å². The lowest BCUT2D eigenvalue weighted by atomic mass is 9.94. The summed E-state index contributed by atoms with van der Waals surface area (Å²) in [4.78, 5) is 0. The highest BCUT2D eigenvalue weighted by atomic mass is 14.1. The van der Waals surface area contributed by atoms with Gasteiger partial charge in [-0.25, -0.2) is 0 Å². The summed E-state index contributed by atoms with van der Waals surface area (Å²) in [5, 5.41) is 2.49. The predicted octanol–water partition coefficient (Wildman–Crippen LogP) is 5.54. The van der Waals surface area contributed by atoms with Crippen LogP contribution >= 0.6 is 0 Å². The van der Waals surface area contributed by atoms with Gasteiger partial charge in [0.2, 0.25) is 0 Å². The fourth-order valence-electron chi connectivity index (χ4n) is 2.48. The highest BCUT2D eigenvalue weighted by molar-refractivity contribution is 5.90. The van der Waals surface area contributed by atoms with Crippen molar-refractivity contribution in [1.82, 2.24) is 0 Å². The Hall–Kier alpha value is -2.60. The molecule has 3 rings (SSSR count). The van der Waals surface area contributed by atoms with Gasteiger partial charge in [0, 0.05) is 0 Å². The van der Waals surface area contributed by atoms with Crippen LogP contribution in [0.2, 0.25) is 0 Å². The fourth-order valence-corrected chi connectivity index (χ4v) is 2.48. The summed E-state index contributed by atoms with van der Waals surface area (Å²) in [5.74, 6) is 0. The summed E-state index contributed by atoms with van der Waals surface area (Å²) in [7, 11) is 0. The maximum Gasteiger partial charge on any atom is -0.0112 e. The van der Waals surface area contributed by atoms with E-state index >= 15 is 0 Å². The van der Waals surface area contributed by atoms with Crippen LogP contribution in [0.5, 0.6) is 0 Å². The van der Waals surface area contributed by atoms with Gasteiger partial charge in [0.1, 0.15) is 0 Å². The molecule has 20 heavy (non-hydrogen) atoms. The van der Waals surface area contributed by atoms with Crippen molar-refractivity contribution in [2.45, 2.75) is 0 Å². The molecule has 0 aliphatic carbocycles. The normalized spacial score (nSPS) is 10.4. The van der Waals surface area contributed by atoms with Crippen LogP contribution in [0.3, 0.4) is 0 Å². The van der Waals surface area contributed by atoms with Crippen molar-refractivity contribution in [2.75, 3.05) is 0 Å². The molecule has 0 saturated heterocycles. The Bertz CT molecular complexity index is 794.